The zero-order valence-electron chi connectivity index (χ0n) is 14.3. The molecule has 0 spiro atoms. The number of carbonyl (C=O) groups is 2. The first kappa shape index (κ1) is 17.3. The van der Waals surface area contributed by atoms with Gasteiger partial charge in [0, 0.05) is 50.4 Å². The van der Waals surface area contributed by atoms with Gasteiger partial charge in [0.05, 0.1) is 0 Å². The monoisotopic (exact) mass is 317 g/mol. The summed E-state index contributed by atoms with van der Waals surface area (Å²) in [5.74, 6) is 0.383. The Bertz CT molecular complexity index is 547. The van der Waals surface area contributed by atoms with Gasteiger partial charge in [0.2, 0.25) is 11.8 Å². The molecule has 1 heterocycles. The van der Waals surface area contributed by atoms with Crippen LogP contribution in [0.15, 0.2) is 24.3 Å². The molecule has 126 valence electrons. The molecule has 23 heavy (non-hydrogen) atoms. The molecule has 2 rings (SSSR count). The van der Waals surface area contributed by atoms with Crippen LogP contribution in [0.3, 0.4) is 0 Å². The van der Waals surface area contributed by atoms with Gasteiger partial charge in [-0.1, -0.05) is 19.9 Å². The van der Waals surface area contributed by atoms with Crippen LogP contribution in [0.1, 0.15) is 33.6 Å². The number of rotatable bonds is 5. The molecule has 0 radical (unpaired) electrons. The second kappa shape index (κ2) is 7.99. The van der Waals surface area contributed by atoms with E-state index in [0.29, 0.717) is 5.91 Å². The van der Waals surface area contributed by atoms with Crippen molar-refractivity contribution >= 4 is 23.2 Å². The summed E-state index contributed by atoms with van der Waals surface area (Å²) in [5, 5.41) is 2.81. The van der Waals surface area contributed by atoms with E-state index >= 15 is 0 Å². The van der Waals surface area contributed by atoms with Crippen molar-refractivity contribution in [1.29, 1.82) is 0 Å². The Balaban J connectivity index is 1.96. The zero-order valence-corrected chi connectivity index (χ0v) is 14.3. The average Bonchev–Trinajstić information content (AvgIpc) is 2.55. The summed E-state index contributed by atoms with van der Waals surface area (Å²) in [6.07, 6.45) is 1.82. The van der Waals surface area contributed by atoms with Gasteiger partial charge in [-0.3, -0.25) is 9.59 Å². The standard InChI is InChI=1S/C18H27N3O2/c1-4-15(5-2)18(23)21-11-9-20(10-12-21)17-8-6-7-16(13-17)19-14(3)22/h6-8,13,15H,4-5,9-12H2,1-3H3,(H,19,22). The molecule has 0 atom stereocenters. The lowest BCUT2D eigenvalue weighted by molar-refractivity contribution is -0.136. The summed E-state index contributed by atoms with van der Waals surface area (Å²) in [6.45, 7) is 8.85. The van der Waals surface area contributed by atoms with Gasteiger partial charge in [-0.2, -0.15) is 0 Å². The maximum atomic E-state index is 12.4. The van der Waals surface area contributed by atoms with Gasteiger partial charge in [0.15, 0.2) is 0 Å². The molecule has 0 aliphatic carbocycles. The summed E-state index contributed by atoms with van der Waals surface area (Å²) in [4.78, 5) is 27.9. The smallest absolute Gasteiger partial charge is 0.225 e. The van der Waals surface area contributed by atoms with E-state index in [4.69, 9.17) is 0 Å². The van der Waals surface area contributed by atoms with Crippen LogP contribution in [0.25, 0.3) is 0 Å². The molecule has 0 bridgehead atoms. The Labute approximate surface area is 138 Å². The van der Waals surface area contributed by atoms with E-state index in [0.717, 1.165) is 50.4 Å². The van der Waals surface area contributed by atoms with Crippen LogP contribution in [-0.2, 0) is 9.59 Å². The first-order chi connectivity index (χ1) is 11.0. The number of carbonyl (C=O) groups excluding carboxylic acids is 2. The maximum absolute atomic E-state index is 12.4. The van der Waals surface area contributed by atoms with Crippen LogP contribution in [-0.4, -0.2) is 42.9 Å². The van der Waals surface area contributed by atoms with E-state index in [9.17, 15) is 9.59 Å². The van der Waals surface area contributed by atoms with Crippen LogP contribution in [0.5, 0.6) is 0 Å². The highest BCUT2D eigenvalue weighted by Crippen LogP contribution is 2.22. The first-order valence-electron chi connectivity index (χ1n) is 8.46. The van der Waals surface area contributed by atoms with Crippen LogP contribution < -0.4 is 10.2 Å². The Morgan fingerprint density at radius 1 is 1.13 bits per heavy atom. The second-order valence-electron chi connectivity index (χ2n) is 6.06. The van der Waals surface area contributed by atoms with Crippen molar-refractivity contribution in [2.75, 3.05) is 36.4 Å². The van der Waals surface area contributed by atoms with Gasteiger partial charge in [-0.25, -0.2) is 0 Å². The molecule has 1 aliphatic rings. The van der Waals surface area contributed by atoms with Crippen LogP contribution in [0.4, 0.5) is 11.4 Å². The molecular formula is C18H27N3O2. The molecule has 1 saturated heterocycles. The van der Waals surface area contributed by atoms with Crippen molar-refractivity contribution < 1.29 is 9.59 Å². The number of nitrogens with one attached hydrogen (secondary N) is 1. The Hall–Kier alpha value is -2.04. The number of hydrogen-bond donors (Lipinski definition) is 1. The summed E-state index contributed by atoms with van der Waals surface area (Å²) in [5.41, 5.74) is 1.90. The lowest BCUT2D eigenvalue weighted by atomic mass is 10.0. The second-order valence-corrected chi connectivity index (χ2v) is 6.06. The fourth-order valence-corrected chi connectivity index (χ4v) is 3.06. The number of benzene rings is 1. The third-order valence-electron chi connectivity index (χ3n) is 4.46. The normalized spacial score (nSPS) is 15.0. The highest BCUT2D eigenvalue weighted by Gasteiger charge is 2.25. The van der Waals surface area contributed by atoms with E-state index in [1.54, 1.807) is 0 Å². The molecule has 5 nitrogen and oxygen atoms in total. The van der Waals surface area contributed by atoms with E-state index in [1.807, 2.05) is 29.2 Å². The van der Waals surface area contributed by atoms with Crippen LogP contribution in [0, 0.1) is 5.92 Å². The maximum Gasteiger partial charge on any atom is 0.225 e. The minimum absolute atomic E-state index is 0.0669. The zero-order chi connectivity index (χ0) is 16.8. The number of anilines is 2. The summed E-state index contributed by atoms with van der Waals surface area (Å²) in [7, 11) is 0. The molecule has 1 aromatic rings. The van der Waals surface area contributed by atoms with Gasteiger partial charge < -0.3 is 15.1 Å². The SMILES string of the molecule is CCC(CC)C(=O)N1CCN(c2cccc(NC(C)=O)c2)CC1. The Morgan fingerprint density at radius 2 is 1.78 bits per heavy atom. The lowest BCUT2D eigenvalue weighted by Crippen LogP contribution is -2.50. The molecule has 0 unspecified atom stereocenters. The van der Waals surface area contributed by atoms with Crippen molar-refractivity contribution in [2.45, 2.75) is 33.6 Å². The van der Waals surface area contributed by atoms with Crippen molar-refractivity contribution in [3.63, 3.8) is 0 Å². The van der Waals surface area contributed by atoms with Gasteiger partial charge in [0.25, 0.3) is 0 Å². The highest BCUT2D eigenvalue weighted by atomic mass is 16.2. The van der Waals surface area contributed by atoms with Gasteiger partial charge >= 0.3 is 0 Å². The molecule has 1 aromatic carbocycles. The van der Waals surface area contributed by atoms with Crippen molar-refractivity contribution in [2.24, 2.45) is 5.92 Å². The van der Waals surface area contributed by atoms with Crippen molar-refractivity contribution in [3.8, 4) is 0 Å². The third kappa shape index (κ3) is 4.47. The largest absolute Gasteiger partial charge is 0.368 e. The fourth-order valence-electron chi connectivity index (χ4n) is 3.06. The van der Waals surface area contributed by atoms with Gasteiger partial charge in [-0.15, -0.1) is 0 Å². The van der Waals surface area contributed by atoms with E-state index in [2.05, 4.69) is 24.1 Å². The minimum Gasteiger partial charge on any atom is -0.368 e. The van der Waals surface area contributed by atoms with Gasteiger partial charge in [0.1, 0.15) is 0 Å². The summed E-state index contributed by atoms with van der Waals surface area (Å²) in [6, 6.07) is 7.86. The number of hydrogen-bond acceptors (Lipinski definition) is 3. The number of amides is 2. The molecule has 0 saturated carbocycles. The quantitative estimate of drug-likeness (QED) is 0.908. The Kier molecular flexibility index (Phi) is 6.02. The van der Waals surface area contributed by atoms with Crippen LogP contribution >= 0.6 is 0 Å². The molecular weight excluding hydrogens is 290 g/mol. The highest BCUT2D eigenvalue weighted by molar-refractivity contribution is 5.89. The topological polar surface area (TPSA) is 52.7 Å². The molecule has 1 fully saturated rings. The van der Waals surface area contributed by atoms with Crippen molar-refractivity contribution in [1.82, 2.24) is 4.90 Å². The first-order valence-corrected chi connectivity index (χ1v) is 8.46. The van der Waals surface area contributed by atoms with Crippen molar-refractivity contribution in [3.05, 3.63) is 24.3 Å². The number of nitrogens with zero attached hydrogens (tertiary/aromatic N) is 2. The third-order valence-corrected chi connectivity index (χ3v) is 4.46. The lowest BCUT2D eigenvalue weighted by Gasteiger charge is -2.37. The number of piperazine rings is 1. The van der Waals surface area contributed by atoms with E-state index < -0.39 is 0 Å². The molecule has 1 aliphatic heterocycles. The Morgan fingerprint density at radius 3 is 2.35 bits per heavy atom. The molecule has 0 aromatic heterocycles. The average molecular weight is 317 g/mol. The predicted octanol–water partition coefficient (Wildman–Crippen LogP) is 2.73. The molecule has 2 amide bonds. The van der Waals surface area contributed by atoms with E-state index in [1.165, 1.54) is 6.92 Å². The summed E-state index contributed by atoms with van der Waals surface area (Å²) < 4.78 is 0. The van der Waals surface area contributed by atoms with Gasteiger partial charge in [-0.05, 0) is 31.0 Å². The molecule has 5 heteroatoms. The predicted molar refractivity (Wildman–Crippen MR) is 93.6 cm³/mol. The molecule has 1 N–H and O–H groups in total. The fraction of sp³-hybridized carbons (Fsp3) is 0.556. The van der Waals surface area contributed by atoms with Crippen LogP contribution in [0.2, 0.25) is 0 Å². The van der Waals surface area contributed by atoms with E-state index in [-0.39, 0.29) is 11.8 Å². The summed E-state index contributed by atoms with van der Waals surface area (Å²) >= 11 is 0. The minimum atomic E-state index is -0.0669.